The summed E-state index contributed by atoms with van der Waals surface area (Å²) in [4.78, 5) is 41.5. The van der Waals surface area contributed by atoms with Crippen molar-refractivity contribution in [3.63, 3.8) is 0 Å². The first-order valence-electron chi connectivity index (χ1n) is 10.8. The molecule has 170 valence electrons. The van der Waals surface area contributed by atoms with Gasteiger partial charge in [-0.3, -0.25) is 19.3 Å². The van der Waals surface area contributed by atoms with E-state index in [0.717, 1.165) is 25.0 Å². The third-order valence-electron chi connectivity index (χ3n) is 5.89. The smallest absolute Gasteiger partial charge is 0.257 e. The van der Waals surface area contributed by atoms with Crippen molar-refractivity contribution in [1.29, 1.82) is 0 Å². The van der Waals surface area contributed by atoms with Crippen LogP contribution in [0.15, 0.2) is 18.2 Å². The van der Waals surface area contributed by atoms with Gasteiger partial charge >= 0.3 is 0 Å². The molecule has 1 saturated heterocycles. The SMILES string of the molecule is CC(C)[C@H](NC(=O)c1c(F)cccc1F)C(=O)N1CCN(C(C)C(=O)NC2CC2)CC1. The fourth-order valence-electron chi connectivity index (χ4n) is 3.68. The molecule has 1 aliphatic heterocycles. The van der Waals surface area contributed by atoms with Gasteiger partial charge in [-0.05, 0) is 37.8 Å². The number of carbonyl (C=O) groups is 3. The summed E-state index contributed by atoms with van der Waals surface area (Å²) in [6.07, 6.45) is 2.06. The molecule has 0 radical (unpaired) electrons. The van der Waals surface area contributed by atoms with E-state index >= 15 is 0 Å². The number of nitrogens with one attached hydrogen (secondary N) is 2. The van der Waals surface area contributed by atoms with Gasteiger partial charge in [0, 0.05) is 32.2 Å². The molecule has 0 bridgehead atoms. The minimum Gasteiger partial charge on any atom is -0.352 e. The molecule has 1 saturated carbocycles. The predicted octanol–water partition coefficient (Wildman–Crippen LogP) is 1.53. The molecule has 9 heteroatoms. The Morgan fingerprint density at radius 1 is 1.00 bits per heavy atom. The molecule has 2 N–H and O–H groups in total. The zero-order chi connectivity index (χ0) is 22.7. The van der Waals surface area contributed by atoms with Crippen LogP contribution in [0.25, 0.3) is 0 Å². The van der Waals surface area contributed by atoms with Crippen LogP contribution in [0.4, 0.5) is 8.78 Å². The number of amides is 3. The zero-order valence-corrected chi connectivity index (χ0v) is 18.2. The minimum atomic E-state index is -0.973. The van der Waals surface area contributed by atoms with Crippen LogP contribution in [0.3, 0.4) is 0 Å². The summed E-state index contributed by atoms with van der Waals surface area (Å²) in [7, 11) is 0. The molecule has 0 aromatic heterocycles. The van der Waals surface area contributed by atoms with Crippen molar-refractivity contribution in [2.75, 3.05) is 26.2 Å². The maximum Gasteiger partial charge on any atom is 0.257 e. The van der Waals surface area contributed by atoms with Gasteiger partial charge in [0.2, 0.25) is 11.8 Å². The van der Waals surface area contributed by atoms with Crippen LogP contribution < -0.4 is 10.6 Å². The Balaban J connectivity index is 1.59. The highest BCUT2D eigenvalue weighted by molar-refractivity contribution is 5.98. The largest absolute Gasteiger partial charge is 0.352 e. The number of hydrogen-bond acceptors (Lipinski definition) is 4. The molecular weight excluding hydrogens is 406 g/mol. The molecule has 2 atom stereocenters. The molecule has 3 rings (SSSR count). The average Bonchev–Trinajstić information content (AvgIpc) is 3.54. The molecule has 1 unspecified atom stereocenters. The summed E-state index contributed by atoms with van der Waals surface area (Å²) in [6, 6.07) is 2.30. The van der Waals surface area contributed by atoms with E-state index < -0.39 is 29.1 Å². The van der Waals surface area contributed by atoms with Crippen molar-refractivity contribution >= 4 is 17.7 Å². The monoisotopic (exact) mass is 436 g/mol. The van der Waals surface area contributed by atoms with Gasteiger partial charge in [0.05, 0.1) is 6.04 Å². The number of carbonyl (C=O) groups excluding carboxylic acids is 3. The fourth-order valence-corrected chi connectivity index (χ4v) is 3.68. The van der Waals surface area contributed by atoms with Crippen LogP contribution in [0.2, 0.25) is 0 Å². The molecule has 7 nitrogen and oxygen atoms in total. The van der Waals surface area contributed by atoms with E-state index in [1.54, 1.807) is 18.7 Å². The van der Waals surface area contributed by atoms with E-state index in [1.165, 1.54) is 6.07 Å². The summed E-state index contributed by atoms with van der Waals surface area (Å²) in [5.41, 5.74) is -0.693. The molecule has 2 aliphatic rings. The van der Waals surface area contributed by atoms with Crippen LogP contribution in [-0.4, -0.2) is 71.8 Å². The summed E-state index contributed by atoms with van der Waals surface area (Å²) in [6.45, 7) is 7.27. The van der Waals surface area contributed by atoms with E-state index in [1.807, 2.05) is 11.8 Å². The standard InChI is InChI=1S/C22H30F2N4O3/c1-13(2)19(26-21(30)18-16(23)5-4-6-17(18)24)22(31)28-11-9-27(10-12-28)14(3)20(29)25-15-7-8-15/h4-6,13-15,19H,7-12H2,1-3H3,(H,25,29)(H,26,30)/t14?,19-/m0/s1. The van der Waals surface area contributed by atoms with Gasteiger partial charge in [-0.15, -0.1) is 0 Å². The second kappa shape index (κ2) is 9.72. The maximum atomic E-state index is 13.9. The first kappa shape index (κ1) is 23.1. The van der Waals surface area contributed by atoms with E-state index in [9.17, 15) is 23.2 Å². The Kier molecular flexibility index (Phi) is 7.25. The molecular formula is C22H30F2N4O3. The first-order valence-corrected chi connectivity index (χ1v) is 10.8. The van der Waals surface area contributed by atoms with Crippen molar-refractivity contribution in [2.24, 2.45) is 5.92 Å². The lowest BCUT2D eigenvalue weighted by Crippen LogP contribution is -2.59. The van der Waals surface area contributed by atoms with Crippen molar-refractivity contribution < 1.29 is 23.2 Å². The Hall–Kier alpha value is -2.55. The van der Waals surface area contributed by atoms with E-state index in [4.69, 9.17) is 0 Å². The second-order valence-electron chi connectivity index (χ2n) is 8.61. The van der Waals surface area contributed by atoms with Crippen LogP contribution in [0.1, 0.15) is 44.0 Å². The number of rotatable bonds is 7. The highest BCUT2D eigenvalue weighted by atomic mass is 19.1. The Labute approximate surface area is 181 Å². The highest BCUT2D eigenvalue weighted by Crippen LogP contribution is 2.20. The summed E-state index contributed by atoms with van der Waals surface area (Å²) >= 11 is 0. The molecule has 3 amide bonds. The van der Waals surface area contributed by atoms with Crippen LogP contribution in [0.5, 0.6) is 0 Å². The molecule has 0 spiro atoms. The third-order valence-corrected chi connectivity index (χ3v) is 5.89. The van der Waals surface area contributed by atoms with Gasteiger partial charge in [0.15, 0.2) is 0 Å². The number of nitrogens with zero attached hydrogens (tertiary/aromatic N) is 2. The number of piperazine rings is 1. The van der Waals surface area contributed by atoms with Gasteiger partial charge in [-0.25, -0.2) is 8.78 Å². The quantitative estimate of drug-likeness (QED) is 0.679. The average molecular weight is 437 g/mol. The van der Waals surface area contributed by atoms with Gasteiger partial charge in [0.1, 0.15) is 23.2 Å². The molecule has 2 fully saturated rings. The van der Waals surface area contributed by atoms with Crippen molar-refractivity contribution in [3.8, 4) is 0 Å². The lowest BCUT2D eigenvalue weighted by Gasteiger charge is -2.39. The second-order valence-corrected chi connectivity index (χ2v) is 8.61. The summed E-state index contributed by atoms with van der Waals surface area (Å²) in [5.74, 6) is -3.46. The Morgan fingerprint density at radius 3 is 2.10 bits per heavy atom. The van der Waals surface area contributed by atoms with E-state index in [-0.39, 0.29) is 23.8 Å². The van der Waals surface area contributed by atoms with Crippen LogP contribution in [0, 0.1) is 17.6 Å². The maximum absolute atomic E-state index is 13.9. The summed E-state index contributed by atoms with van der Waals surface area (Å²) < 4.78 is 27.9. The van der Waals surface area contributed by atoms with Gasteiger partial charge in [0.25, 0.3) is 5.91 Å². The lowest BCUT2D eigenvalue weighted by molar-refractivity contribution is -0.137. The Morgan fingerprint density at radius 2 is 1.58 bits per heavy atom. The van der Waals surface area contributed by atoms with Crippen LogP contribution in [-0.2, 0) is 9.59 Å². The number of halogens is 2. The van der Waals surface area contributed by atoms with Gasteiger partial charge < -0.3 is 15.5 Å². The van der Waals surface area contributed by atoms with Crippen molar-refractivity contribution in [1.82, 2.24) is 20.4 Å². The normalized spacial score (nSPS) is 19.1. The number of benzene rings is 1. The third kappa shape index (κ3) is 5.58. The molecule has 1 aromatic rings. The predicted molar refractivity (Wildman–Crippen MR) is 111 cm³/mol. The van der Waals surface area contributed by atoms with Crippen molar-refractivity contribution in [3.05, 3.63) is 35.4 Å². The van der Waals surface area contributed by atoms with Gasteiger partial charge in [-0.2, -0.15) is 0 Å². The zero-order valence-electron chi connectivity index (χ0n) is 18.2. The molecule has 1 aliphatic carbocycles. The Bertz CT molecular complexity index is 816. The number of hydrogen-bond donors (Lipinski definition) is 2. The first-order chi connectivity index (χ1) is 14.7. The van der Waals surface area contributed by atoms with E-state index in [2.05, 4.69) is 10.6 Å². The van der Waals surface area contributed by atoms with Crippen LogP contribution >= 0.6 is 0 Å². The molecule has 1 aromatic carbocycles. The van der Waals surface area contributed by atoms with Gasteiger partial charge in [-0.1, -0.05) is 19.9 Å². The van der Waals surface area contributed by atoms with Crippen molar-refractivity contribution in [2.45, 2.75) is 51.7 Å². The van der Waals surface area contributed by atoms with E-state index in [0.29, 0.717) is 32.2 Å². The fraction of sp³-hybridized carbons (Fsp3) is 0.591. The minimum absolute atomic E-state index is 0.00140. The molecule has 31 heavy (non-hydrogen) atoms. The molecule has 1 heterocycles. The topological polar surface area (TPSA) is 81.8 Å². The highest BCUT2D eigenvalue weighted by Gasteiger charge is 2.34. The lowest BCUT2D eigenvalue weighted by atomic mass is 10.0. The summed E-state index contributed by atoms with van der Waals surface area (Å²) in [5, 5.41) is 5.50.